The van der Waals surface area contributed by atoms with E-state index in [2.05, 4.69) is 22.8 Å². The predicted molar refractivity (Wildman–Crippen MR) is 153 cm³/mol. The number of rotatable bonds is 10. The lowest BCUT2D eigenvalue weighted by Gasteiger charge is -2.10. The smallest absolute Gasteiger partial charge is 0.343 e. The van der Waals surface area contributed by atoms with Crippen LogP contribution in [0.3, 0.4) is 0 Å². The van der Waals surface area contributed by atoms with Gasteiger partial charge in [-0.1, -0.05) is 49.7 Å². The van der Waals surface area contributed by atoms with Crippen LogP contribution in [0.1, 0.15) is 35.7 Å². The van der Waals surface area contributed by atoms with Gasteiger partial charge in [0, 0.05) is 11.1 Å². The summed E-state index contributed by atoms with van der Waals surface area (Å²) in [5.74, 6) is -1.14. The number of carbonyl (C=O) groups excluding carboxylic acids is 3. The molecule has 0 fully saturated rings. The first-order valence-corrected chi connectivity index (χ1v) is 12.7. The topological polar surface area (TPSA) is 115 Å². The van der Waals surface area contributed by atoms with E-state index >= 15 is 0 Å². The number of amides is 2. The van der Waals surface area contributed by atoms with Crippen molar-refractivity contribution in [1.29, 1.82) is 0 Å². The molecule has 4 aromatic rings. The van der Waals surface area contributed by atoms with Crippen LogP contribution >= 0.6 is 0 Å². The lowest BCUT2D eigenvalue weighted by atomic mass is 10.1. The fourth-order valence-corrected chi connectivity index (χ4v) is 3.76. The molecule has 0 radical (unpaired) electrons. The van der Waals surface area contributed by atoms with E-state index in [1.54, 1.807) is 54.6 Å². The first kappa shape index (κ1) is 27.8. The molecule has 0 unspecified atom stereocenters. The number of esters is 1. The first-order chi connectivity index (χ1) is 19.5. The van der Waals surface area contributed by atoms with Crippen LogP contribution in [-0.4, -0.2) is 37.7 Å². The molecule has 0 bridgehead atoms. The molecule has 2 amide bonds. The second-order valence-electron chi connectivity index (χ2n) is 8.71. The number of hydrazone groups is 1. The Hall–Kier alpha value is -5.18. The van der Waals surface area contributed by atoms with Gasteiger partial charge in [-0.15, -0.1) is 0 Å². The van der Waals surface area contributed by atoms with Gasteiger partial charge in [-0.05, 0) is 65.9 Å². The van der Waals surface area contributed by atoms with Crippen molar-refractivity contribution in [3.63, 3.8) is 0 Å². The van der Waals surface area contributed by atoms with Gasteiger partial charge in [0.25, 0.3) is 0 Å². The Morgan fingerprint density at radius 1 is 0.875 bits per heavy atom. The maximum absolute atomic E-state index is 12.6. The Kier molecular flexibility index (Phi) is 9.44. The average molecular weight is 540 g/mol. The monoisotopic (exact) mass is 539 g/mol. The molecule has 40 heavy (non-hydrogen) atoms. The number of benzene rings is 4. The van der Waals surface area contributed by atoms with Gasteiger partial charge in [0.1, 0.15) is 5.75 Å². The Bertz CT molecular complexity index is 1530. The first-order valence-electron chi connectivity index (χ1n) is 12.7. The summed E-state index contributed by atoms with van der Waals surface area (Å²) in [5, 5.41) is 8.21. The molecule has 4 rings (SSSR count). The van der Waals surface area contributed by atoms with Crippen molar-refractivity contribution in [3.05, 3.63) is 96.1 Å². The number of unbranched alkanes of at least 4 members (excludes halogenated alkanes) is 1. The van der Waals surface area contributed by atoms with Gasteiger partial charge in [0.05, 0.1) is 25.5 Å². The van der Waals surface area contributed by atoms with Gasteiger partial charge in [0.15, 0.2) is 11.5 Å². The predicted octanol–water partition coefficient (Wildman–Crippen LogP) is 5.34. The molecule has 9 nitrogen and oxygen atoms in total. The fourth-order valence-electron chi connectivity index (χ4n) is 3.76. The number of carbonyl (C=O) groups is 3. The maximum atomic E-state index is 12.6. The summed E-state index contributed by atoms with van der Waals surface area (Å²) < 4.78 is 16.5. The van der Waals surface area contributed by atoms with Crippen LogP contribution in [0.5, 0.6) is 17.2 Å². The highest BCUT2D eigenvalue weighted by molar-refractivity contribution is 6.40. The highest BCUT2D eigenvalue weighted by atomic mass is 16.6. The highest BCUT2D eigenvalue weighted by Crippen LogP contribution is 2.29. The normalized spacial score (nSPS) is 10.8. The number of hydrogen-bond donors (Lipinski definition) is 2. The van der Waals surface area contributed by atoms with Crippen LogP contribution in [0, 0.1) is 0 Å². The Labute approximate surface area is 231 Å². The molecule has 0 saturated heterocycles. The number of nitrogens with one attached hydrogen (secondary N) is 2. The van der Waals surface area contributed by atoms with E-state index in [0.29, 0.717) is 29.2 Å². The summed E-state index contributed by atoms with van der Waals surface area (Å²) in [4.78, 5) is 37.3. The summed E-state index contributed by atoms with van der Waals surface area (Å²) in [7, 11) is 1.44. The van der Waals surface area contributed by atoms with Gasteiger partial charge in [-0.3, -0.25) is 9.59 Å². The lowest BCUT2D eigenvalue weighted by Crippen LogP contribution is -2.32. The molecule has 0 aliphatic carbocycles. The van der Waals surface area contributed by atoms with E-state index in [9.17, 15) is 14.4 Å². The number of fused-ring (bicyclic) bond motifs is 1. The molecular weight excluding hydrogens is 510 g/mol. The van der Waals surface area contributed by atoms with Crippen molar-refractivity contribution >= 4 is 40.5 Å². The van der Waals surface area contributed by atoms with E-state index in [1.165, 1.54) is 13.3 Å². The Morgan fingerprint density at radius 3 is 2.42 bits per heavy atom. The molecule has 0 aliphatic rings. The second-order valence-corrected chi connectivity index (χ2v) is 8.71. The minimum Gasteiger partial charge on any atom is -0.494 e. The zero-order valence-corrected chi connectivity index (χ0v) is 22.2. The lowest BCUT2D eigenvalue weighted by molar-refractivity contribution is -0.136. The van der Waals surface area contributed by atoms with Crippen LogP contribution in [0.15, 0.2) is 90.0 Å². The maximum Gasteiger partial charge on any atom is 0.343 e. The minimum atomic E-state index is -0.927. The summed E-state index contributed by atoms with van der Waals surface area (Å²) in [6.45, 7) is 2.71. The van der Waals surface area contributed by atoms with E-state index in [4.69, 9.17) is 14.2 Å². The van der Waals surface area contributed by atoms with Crippen LogP contribution in [-0.2, 0) is 9.59 Å². The van der Waals surface area contributed by atoms with Crippen LogP contribution in [0.25, 0.3) is 10.8 Å². The molecule has 0 heterocycles. The van der Waals surface area contributed by atoms with Gasteiger partial charge in [-0.25, -0.2) is 10.2 Å². The standard InChI is InChI=1S/C31H29N3O6/c1-3-4-18-39-24-15-13-23(14-16-24)31(37)40-27-17-12-21(19-28(27)38-2)20-32-34-30(36)29(35)33-26-11-7-9-22-8-5-6-10-25(22)26/h5-17,19-20H,3-4,18H2,1-2H3,(H,33,35)(H,34,36)/b32-20+. The molecule has 2 N–H and O–H groups in total. The van der Waals surface area contributed by atoms with Crippen molar-refractivity contribution in [3.8, 4) is 17.2 Å². The van der Waals surface area contributed by atoms with Crippen LogP contribution in [0.2, 0.25) is 0 Å². The molecule has 0 atom stereocenters. The quantitative estimate of drug-likeness (QED) is 0.0703. The third-order valence-electron chi connectivity index (χ3n) is 5.87. The number of nitrogens with zero attached hydrogens (tertiary/aromatic N) is 1. The number of ether oxygens (including phenoxy) is 3. The molecule has 0 saturated carbocycles. The number of hydrogen-bond acceptors (Lipinski definition) is 7. The molecule has 0 aromatic heterocycles. The summed E-state index contributed by atoms with van der Waals surface area (Å²) in [5.41, 5.74) is 3.63. The van der Waals surface area contributed by atoms with Gasteiger partial charge >= 0.3 is 17.8 Å². The van der Waals surface area contributed by atoms with Crippen LogP contribution < -0.4 is 25.0 Å². The summed E-state index contributed by atoms with van der Waals surface area (Å²) in [6.07, 6.45) is 3.33. The van der Waals surface area contributed by atoms with E-state index in [0.717, 1.165) is 23.6 Å². The van der Waals surface area contributed by atoms with Crippen molar-refractivity contribution in [2.24, 2.45) is 5.10 Å². The number of methoxy groups -OCH3 is 1. The minimum absolute atomic E-state index is 0.214. The SMILES string of the molecule is CCCCOc1ccc(C(=O)Oc2ccc(/C=N/NC(=O)C(=O)Nc3cccc4ccccc34)cc2OC)cc1. The summed E-state index contributed by atoms with van der Waals surface area (Å²) >= 11 is 0. The molecule has 9 heteroatoms. The van der Waals surface area contributed by atoms with Crippen molar-refractivity contribution in [2.45, 2.75) is 19.8 Å². The summed E-state index contributed by atoms with van der Waals surface area (Å²) in [6, 6.07) is 24.4. The van der Waals surface area contributed by atoms with Crippen molar-refractivity contribution < 1.29 is 28.6 Å². The molecule has 0 spiro atoms. The Morgan fingerprint density at radius 2 is 1.65 bits per heavy atom. The largest absolute Gasteiger partial charge is 0.494 e. The van der Waals surface area contributed by atoms with E-state index in [-0.39, 0.29) is 11.5 Å². The van der Waals surface area contributed by atoms with Gasteiger partial charge in [-0.2, -0.15) is 5.10 Å². The number of anilines is 1. The third kappa shape index (κ3) is 7.22. The van der Waals surface area contributed by atoms with E-state index < -0.39 is 17.8 Å². The van der Waals surface area contributed by atoms with Gasteiger partial charge < -0.3 is 19.5 Å². The molecule has 4 aromatic carbocycles. The molecule has 0 aliphatic heterocycles. The fraction of sp³-hybridized carbons (Fsp3) is 0.161. The molecular formula is C31H29N3O6. The zero-order chi connectivity index (χ0) is 28.3. The third-order valence-corrected chi connectivity index (χ3v) is 5.87. The second kappa shape index (κ2) is 13.6. The van der Waals surface area contributed by atoms with E-state index in [1.807, 2.05) is 30.3 Å². The Balaban J connectivity index is 1.33. The van der Waals surface area contributed by atoms with Gasteiger partial charge in [0.2, 0.25) is 0 Å². The highest BCUT2D eigenvalue weighted by Gasteiger charge is 2.15. The van der Waals surface area contributed by atoms with Crippen LogP contribution in [0.4, 0.5) is 5.69 Å². The zero-order valence-electron chi connectivity index (χ0n) is 22.2. The van der Waals surface area contributed by atoms with Crippen molar-refractivity contribution in [2.75, 3.05) is 19.0 Å². The molecule has 204 valence electrons. The average Bonchev–Trinajstić information content (AvgIpc) is 2.98. The van der Waals surface area contributed by atoms with Crippen molar-refractivity contribution in [1.82, 2.24) is 5.43 Å².